The molecule has 0 spiro atoms. The van der Waals surface area contributed by atoms with Crippen molar-refractivity contribution in [1.82, 2.24) is 5.32 Å². The molecule has 1 saturated carbocycles. The molecule has 0 saturated heterocycles. The van der Waals surface area contributed by atoms with E-state index in [9.17, 15) is 12.8 Å². The summed E-state index contributed by atoms with van der Waals surface area (Å²) in [6.07, 6.45) is 3.85. The van der Waals surface area contributed by atoms with E-state index < -0.39 is 15.8 Å². The van der Waals surface area contributed by atoms with Crippen LogP contribution in [0.4, 0.5) is 10.1 Å². The van der Waals surface area contributed by atoms with Gasteiger partial charge in [0.25, 0.3) is 0 Å². The number of hydrogen-bond acceptors (Lipinski definition) is 3. The van der Waals surface area contributed by atoms with Crippen molar-refractivity contribution in [2.24, 2.45) is 0 Å². The lowest BCUT2D eigenvalue weighted by atomic mass is 10.3. The number of nitrogens with one attached hydrogen (secondary N) is 2. The zero-order valence-electron chi connectivity index (χ0n) is 10.7. The van der Waals surface area contributed by atoms with Crippen molar-refractivity contribution >= 4 is 15.7 Å². The molecular formula is C13H19FN2O2S. The maximum atomic E-state index is 13.3. The van der Waals surface area contributed by atoms with Gasteiger partial charge in [0.2, 0.25) is 10.0 Å². The standard InChI is InChI=1S/C13H19FN2O2S/c14-12-5-1-2-6-13(12)16-19(17,18)10-4-3-9-15-11-7-8-11/h1-2,5-6,11,15-16H,3-4,7-10H2. The first-order chi connectivity index (χ1) is 9.07. The fourth-order valence-corrected chi connectivity index (χ4v) is 2.96. The Bertz CT molecular complexity index is 515. The number of benzene rings is 1. The molecule has 1 aromatic carbocycles. The molecule has 106 valence electrons. The van der Waals surface area contributed by atoms with Crippen molar-refractivity contribution < 1.29 is 12.8 Å². The molecule has 2 rings (SSSR count). The first kappa shape index (κ1) is 14.3. The highest BCUT2D eigenvalue weighted by Gasteiger charge is 2.19. The van der Waals surface area contributed by atoms with Crippen LogP contribution in [0.5, 0.6) is 0 Å². The van der Waals surface area contributed by atoms with Crippen molar-refractivity contribution in [3.8, 4) is 0 Å². The second kappa shape index (κ2) is 6.34. The van der Waals surface area contributed by atoms with Crippen molar-refractivity contribution in [1.29, 1.82) is 0 Å². The quantitative estimate of drug-likeness (QED) is 0.720. The molecule has 0 radical (unpaired) electrons. The van der Waals surface area contributed by atoms with E-state index >= 15 is 0 Å². The number of anilines is 1. The second-order valence-electron chi connectivity index (χ2n) is 4.84. The van der Waals surface area contributed by atoms with Crippen LogP contribution < -0.4 is 10.0 Å². The SMILES string of the molecule is O=S(=O)(CCCCNC1CC1)Nc1ccccc1F. The molecule has 0 unspecified atom stereocenters. The maximum absolute atomic E-state index is 13.3. The Balaban J connectivity index is 1.73. The number of unbranched alkanes of at least 4 members (excludes halogenated alkanes) is 1. The van der Waals surface area contributed by atoms with Crippen LogP contribution in [0, 0.1) is 5.82 Å². The molecule has 0 atom stereocenters. The molecular weight excluding hydrogens is 267 g/mol. The largest absolute Gasteiger partial charge is 0.314 e. The summed E-state index contributed by atoms with van der Waals surface area (Å²) in [6.45, 7) is 0.847. The summed E-state index contributed by atoms with van der Waals surface area (Å²) in [5, 5.41) is 3.33. The third-order valence-corrected chi connectivity index (χ3v) is 4.35. The highest BCUT2D eigenvalue weighted by atomic mass is 32.2. The summed E-state index contributed by atoms with van der Waals surface area (Å²) in [5.41, 5.74) is 0.0126. The van der Waals surface area contributed by atoms with Gasteiger partial charge in [-0.1, -0.05) is 12.1 Å². The summed E-state index contributed by atoms with van der Waals surface area (Å²) in [6, 6.07) is 6.42. The van der Waals surface area contributed by atoms with Crippen molar-refractivity contribution in [2.75, 3.05) is 17.0 Å². The first-order valence-corrected chi connectivity index (χ1v) is 8.20. The van der Waals surface area contributed by atoms with Gasteiger partial charge in [-0.3, -0.25) is 4.72 Å². The van der Waals surface area contributed by atoms with Gasteiger partial charge in [0.15, 0.2) is 0 Å². The molecule has 0 aliphatic heterocycles. The van der Waals surface area contributed by atoms with Gasteiger partial charge in [0.05, 0.1) is 11.4 Å². The van der Waals surface area contributed by atoms with Gasteiger partial charge in [-0.2, -0.15) is 0 Å². The highest BCUT2D eigenvalue weighted by Crippen LogP contribution is 2.18. The second-order valence-corrected chi connectivity index (χ2v) is 6.68. The highest BCUT2D eigenvalue weighted by molar-refractivity contribution is 7.92. The van der Waals surface area contributed by atoms with Gasteiger partial charge in [0, 0.05) is 6.04 Å². The lowest BCUT2D eigenvalue weighted by Crippen LogP contribution is -2.20. The number of para-hydroxylation sites is 1. The van der Waals surface area contributed by atoms with Gasteiger partial charge < -0.3 is 5.32 Å². The lowest BCUT2D eigenvalue weighted by molar-refractivity contribution is 0.589. The maximum Gasteiger partial charge on any atom is 0.232 e. The van der Waals surface area contributed by atoms with E-state index in [1.165, 1.54) is 31.0 Å². The van der Waals surface area contributed by atoms with E-state index in [-0.39, 0.29) is 11.4 Å². The predicted molar refractivity (Wildman–Crippen MR) is 74.1 cm³/mol. The number of rotatable bonds is 8. The fraction of sp³-hybridized carbons (Fsp3) is 0.538. The van der Waals surface area contributed by atoms with Crippen molar-refractivity contribution in [2.45, 2.75) is 31.7 Å². The average Bonchev–Trinajstić information content (AvgIpc) is 3.15. The Morgan fingerprint density at radius 3 is 2.63 bits per heavy atom. The van der Waals surface area contributed by atoms with Gasteiger partial charge in [0.1, 0.15) is 5.82 Å². The topological polar surface area (TPSA) is 58.2 Å². The van der Waals surface area contributed by atoms with Crippen LogP contribution in [-0.2, 0) is 10.0 Å². The molecule has 2 N–H and O–H groups in total. The minimum absolute atomic E-state index is 0.0126. The average molecular weight is 286 g/mol. The molecule has 0 amide bonds. The van der Waals surface area contributed by atoms with Crippen molar-refractivity contribution in [3.05, 3.63) is 30.1 Å². The van der Waals surface area contributed by atoms with Crippen LogP contribution in [0.15, 0.2) is 24.3 Å². The summed E-state index contributed by atoms with van der Waals surface area (Å²) in [4.78, 5) is 0. The van der Waals surface area contributed by atoms with Crippen LogP contribution >= 0.6 is 0 Å². The van der Waals surface area contributed by atoms with Crippen molar-refractivity contribution in [3.63, 3.8) is 0 Å². The monoisotopic (exact) mass is 286 g/mol. The van der Waals surface area contributed by atoms with E-state index in [1.807, 2.05) is 0 Å². The molecule has 1 fully saturated rings. The minimum atomic E-state index is -3.46. The van der Waals surface area contributed by atoms with Gasteiger partial charge >= 0.3 is 0 Å². The van der Waals surface area contributed by atoms with Gasteiger partial charge in [-0.15, -0.1) is 0 Å². The predicted octanol–water partition coefficient (Wildman–Crippen LogP) is 2.10. The third kappa shape index (κ3) is 5.16. The molecule has 1 aromatic rings. The van der Waals surface area contributed by atoms with E-state index in [0.29, 0.717) is 12.5 Å². The molecule has 0 aromatic heterocycles. The third-order valence-electron chi connectivity index (χ3n) is 2.99. The van der Waals surface area contributed by atoms with E-state index in [1.54, 1.807) is 6.07 Å². The van der Waals surface area contributed by atoms with Crippen LogP contribution in [0.1, 0.15) is 25.7 Å². The van der Waals surface area contributed by atoms with Crippen LogP contribution in [0.25, 0.3) is 0 Å². The molecule has 19 heavy (non-hydrogen) atoms. The van der Waals surface area contributed by atoms with E-state index in [4.69, 9.17) is 0 Å². The number of hydrogen-bond donors (Lipinski definition) is 2. The van der Waals surface area contributed by atoms with Crippen LogP contribution in [0.3, 0.4) is 0 Å². The van der Waals surface area contributed by atoms with Gasteiger partial charge in [-0.25, -0.2) is 12.8 Å². The molecule has 4 nitrogen and oxygen atoms in total. The molecule has 1 aliphatic carbocycles. The molecule has 1 aliphatic rings. The number of halogens is 1. The smallest absolute Gasteiger partial charge is 0.232 e. The molecule has 0 bridgehead atoms. The summed E-state index contributed by atoms with van der Waals surface area (Å²) < 4.78 is 39.1. The van der Waals surface area contributed by atoms with E-state index in [0.717, 1.165) is 13.0 Å². The first-order valence-electron chi connectivity index (χ1n) is 6.55. The Morgan fingerprint density at radius 1 is 1.21 bits per heavy atom. The fourth-order valence-electron chi connectivity index (χ4n) is 1.77. The van der Waals surface area contributed by atoms with Crippen LogP contribution in [0.2, 0.25) is 0 Å². The van der Waals surface area contributed by atoms with Crippen LogP contribution in [-0.4, -0.2) is 26.8 Å². The van der Waals surface area contributed by atoms with E-state index in [2.05, 4.69) is 10.0 Å². The Labute approximate surface area is 113 Å². The van der Waals surface area contributed by atoms with Gasteiger partial charge in [-0.05, 0) is 44.4 Å². The molecule has 0 heterocycles. The zero-order chi connectivity index (χ0) is 13.7. The zero-order valence-corrected chi connectivity index (χ0v) is 11.5. The Hall–Kier alpha value is -1.14. The summed E-state index contributed by atoms with van der Waals surface area (Å²) in [5.74, 6) is -0.533. The summed E-state index contributed by atoms with van der Waals surface area (Å²) >= 11 is 0. The molecule has 6 heteroatoms. The summed E-state index contributed by atoms with van der Waals surface area (Å²) in [7, 11) is -3.46. The normalized spacial score (nSPS) is 15.4. The lowest BCUT2D eigenvalue weighted by Gasteiger charge is -2.08. The Morgan fingerprint density at radius 2 is 1.95 bits per heavy atom. The number of sulfonamides is 1. The minimum Gasteiger partial charge on any atom is -0.314 e. The Kier molecular flexibility index (Phi) is 4.76.